The number of aromatic nitrogens is 2. The van der Waals surface area contributed by atoms with E-state index in [1.54, 1.807) is 0 Å². The zero-order chi connectivity index (χ0) is 31.1. The van der Waals surface area contributed by atoms with Crippen molar-refractivity contribution in [1.29, 1.82) is 10.5 Å². The van der Waals surface area contributed by atoms with Crippen molar-refractivity contribution in [2.24, 2.45) is 0 Å². The summed E-state index contributed by atoms with van der Waals surface area (Å²) >= 11 is 0. The fourth-order valence-electron chi connectivity index (χ4n) is 7.01. The second-order valence-corrected chi connectivity index (χ2v) is 13.3. The van der Waals surface area contributed by atoms with Crippen LogP contribution >= 0.6 is 0 Å². The summed E-state index contributed by atoms with van der Waals surface area (Å²) in [7, 11) is 0. The summed E-state index contributed by atoms with van der Waals surface area (Å²) < 4.78 is 4.45. The molecule has 7 aromatic rings. The van der Waals surface area contributed by atoms with Gasteiger partial charge in [-0.2, -0.15) is 10.5 Å². The van der Waals surface area contributed by atoms with Gasteiger partial charge in [0.15, 0.2) is 0 Å². The molecular formula is C40H34N4. The monoisotopic (exact) mass is 570 g/mol. The number of nitriles is 2. The Morgan fingerprint density at radius 2 is 0.773 bits per heavy atom. The van der Waals surface area contributed by atoms with E-state index in [0.29, 0.717) is 11.1 Å². The third-order valence-corrected chi connectivity index (χ3v) is 8.89. The minimum atomic E-state index is -0.473. The Bertz CT molecular complexity index is 2150. The topological polar surface area (TPSA) is 57.4 Å². The molecule has 0 unspecified atom stereocenters. The maximum Gasteiger partial charge on any atom is 0.102 e. The Labute approximate surface area is 258 Å². The Morgan fingerprint density at radius 1 is 0.477 bits per heavy atom. The lowest BCUT2D eigenvalue weighted by molar-refractivity contribution is 0.586. The summed E-state index contributed by atoms with van der Waals surface area (Å²) in [6.45, 7) is 14.7. The van der Waals surface area contributed by atoms with Crippen LogP contribution in [0.4, 0.5) is 0 Å². The molecule has 7 rings (SSSR count). The first kappa shape index (κ1) is 27.5. The van der Waals surface area contributed by atoms with E-state index >= 15 is 0 Å². The normalized spacial score (nSPS) is 11.9. The van der Waals surface area contributed by atoms with Crippen LogP contribution in [0.15, 0.2) is 78.9 Å². The SMILES string of the molecule is Cc1ccc2c(c1)c1cc(C)ccc1n2-c1cc(-n2c3ccc(C)cc3c3cc(C)ccc32)c(C#N)c(C(C)(C)C)c1C#N. The van der Waals surface area contributed by atoms with Gasteiger partial charge >= 0.3 is 0 Å². The van der Waals surface area contributed by atoms with E-state index in [4.69, 9.17) is 0 Å². The average molecular weight is 571 g/mol. The maximum absolute atomic E-state index is 10.9. The highest BCUT2D eigenvalue weighted by Gasteiger charge is 2.30. The van der Waals surface area contributed by atoms with Gasteiger partial charge in [-0.15, -0.1) is 0 Å². The van der Waals surface area contributed by atoms with Gasteiger partial charge < -0.3 is 9.13 Å². The second kappa shape index (κ2) is 9.60. The van der Waals surface area contributed by atoms with Gasteiger partial charge in [0.25, 0.3) is 0 Å². The smallest absolute Gasteiger partial charge is 0.102 e. The third-order valence-electron chi connectivity index (χ3n) is 8.89. The molecule has 2 heterocycles. The van der Waals surface area contributed by atoms with Gasteiger partial charge in [-0.3, -0.25) is 0 Å². The highest BCUT2D eigenvalue weighted by atomic mass is 15.0. The van der Waals surface area contributed by atoms with Crippen molar-refractivity contribution >= 4 is 43.6 Å². The molecule has 2 aromatic heterocycles. The number of hydrogen-bond donors (Lipinski definition) is 0. The first-order valence-corrected chi connectivity index (χ1v) is 15.1. The van der Waals surface area contributed by atoms with Crippen molar-refractivity contribution in [3.63, 3.8) is 0 Å². The van der Waals surface area contributed by atoms with Crippen LogP contribution in [-0.4, -0.2) is 9.13 Å². The molecular weight excluding hydrogens is 536 g/mol. The number of hydrogen-bond acceptors (Lipinski definition) is 2. The Kier molecular flexibility index (Phi) is 6.00. The molecule has 0 radical (unpaired) electrons. The maximum atomic E-state index is 10.9. The first-order chi connectivity index (χ1) is 21.0. The standard InChI is InChI=1S/C40H34N4/c1-23-8-12-33-27(16-23)28-17-24(2)9-13-34(28)43(33)37-20-38(32(22-42)39(31(37)21-41)40(5,6)7)44-35-14-10-25(3)18-29(35)30-19-26(4)11-15-36(30)44/h8-20H,1-7H3. The van der Waals surface area contributed by atoms with E-state index in [2.05, 4.69) is 149 Å². The minimum absolute atomic E-state index is 0.473. The van der Waals surface area contributed by atoms with Crippen LogP contribution < -0.4 is 0 Å². The molecule has 4 nitrogen and oxygen atoms in total. The number of nitrogens with zero attached hydrogens (tertiary/aromatic N) is 4. The van der Waals surface area contributed by atoms with Crippen LogP contribution in [-0.2, 0) is 5.41 Å². The number of benzene rings is 5. The molecule has 0 saturated heterocycles. The van der Waals surface area contributed by atoms with Crippen molar-refractivity contribution in [3.05, 3.63) is 118 Å². The van der Waals surface area contributed by atoms with Crippen LogP contribution in [0.25, 0.3) is 55.0 Å². The summed E-state index contributed by atoms with van der Waals surface area (Å²) in [5, 5.41) is 26.3. The molecule has 0 aliphatic heterocycles. The summed E-state index contributed by atoms with van der Waals surface area (Å²) in [5.74, 6) is 0. The summed E-state index contributed by atoms with van der Waals surface area (Å²) in [5.41, 5.74) is 11.8. The van der Waals surface area contributed by atoms with Crippen LogP contribution in [0.2, 0.25) is 0 Å². The molecule has 0 saturated carbocycles. The highest BCUT2D eigenvalue weighted by molar-refractivity contribution is 6.11. The van der Waals surface area contributed by atoms with Gasteiger partial charge in [0.05, 0.1) is 44.6 Å². The molecule has 0 fully saturated rings. The largest absolute Gasteiger partial charge is 0.308 e. The molecule has 44 heavy (non-hydrogen) atoms. The molecule has 0 bridgehead atoms. The van der Waals surface area contributed by atoms with Crippen molar-refractivity contribution in [2.45, 2.75) is 53.9 Å². The fraction of sp³-hybridized carbons (Fsp3) is 0.200. The van der Waals surface area contributed by atoms with E-state index in [9.17, 15) is 10.5 Å². The zero-order valence-electron chi connectivity index (χ0n) is 26.3. The molecule has 0 N–H and O–H groups in total. The summed E-state index contributed by atoms with van der Waals surface area (Å²) in [6.07, 6.45) is 0. The van der Waals surface area contributed by atoms with E-state index in [-0.39, 0.29) is 0 Å². The van der Waals surface area contributed by atoms with Crippen molar-refractivity contribution in [2.75, 3.05) is 0 Å². The van der Waals surface area contributed by atoms with Gasteiger partial charge in [-0.1, -0.05) is 67.3 Å². The van der Waals surface area contributed by atoms with Crippen molar-refractivity contribution < 1.29 is 0 Å². The lowest BCUT2D eigenvalue weighted by atomic mass is 9.79. The molecule has 0 amide bonds. The van der Waals surface area contributed by atoms with Crippen LogP contribution in [0.1, 0.15) is 59.7 Å². The van der Waals surface area contributed by atoms with Gasteiger partial charge in [0.2, 0.25) is 0 Å². The number of aryl methyl sites for hydroxylation is 4. The predicted molar refractivity (Wildman–Crippen MR) is 182 cm³/mol. The predicted octanol–water partition coefficient (Wildman–Crippen LogP) is 10.2. The summed E-state index contributed by atoms with van der Waals surface area (Å²) in [4.78, 5) is 0. The van der Waals surface area contributed by atoms with Crippen LogP contribution in [0.3, 0.4) is 0 Å². The minimum Gasteiger partial charge on any atom is -0.308 e. The molecule has 5 aromatic carbocycles. The van der Waals surface area contributed by atoms with E-state index in [0.717, 1.165) is 60.5 Å². The first-order valence-electron chi connectivity index (χ1n) is 15.1. The molecule has 0 aliphatic rings. The van der Waals surface area contributed by atoms with E-state index in [1.165, 1.54) is 22.3 Å². The van der Waals surface area contributed by atoms with Gasteiger partial charge in [0.1, 0.15) is 12.1 Å². The molecule has 214 valence electrons. The number of rotatable bonds is 2. The Hall–Kier alpha value is -5.32. The average Bonchev–Trinajstić information content (AvgIpc) is 3.46. The lowest BCUT2D eigenvalue weighted by Gasteiger charge is -2.27. The summed E-state index contributed by atoms with van der Waals surface area (Å²) in [6, 6.07) is 33.3. The third kappa shape index (κ3) is 3.95. The molecule has 0 spiro atoms. The lowest BCUT2D eigenvalue weighted by Crippen LogP contribution is -2.19. The Balaban J connectivity index is 1.73. The van der Waals surface area contributed by atoms with Gasteiger partial charge in [0, 0.05) is 21.5 Å². The van der Waals surface area contributed by atoms with Crippen molar-refractivity contribution in [3.8, 4) is 23.5 Å². The van der Waals surface area contributed by atoms with Gasteiger partial charge in [-0.05, 0) is 93.3 Å². The van der Waals surface area contributed by atoms with Crippen LogP contribution in [0, 0.1) is 50.4 Å². The zero-order valence-corrected chi connectivity index (χ0v) is 26.3. The van der Waals surface area contributed by atoms with Crippen molar-refractivity contribution in [1.82, 2.24) is 9.13 Å². The quantitative estimate of drug-likeness (QED) is 0.208. The van der Waals surface area contributed by atoms with E-state index < -0.39 is 5.41 Å². The molecule has 4 heteroatoms. The van der Waals surface area contributed by atoms with Crippen LogP contribution in [0.5, 0.6) is 0 Å². The molecule has 0 atom stereocenters. The second-order valence-electron chi connectivity index (χ2n) is 13.3. The fourth-order valence-corrected chi connectivity index (χ4v) is 7.01. The Morgan fingerprint density at radius 3 is 1.02 bits per heavy atom. The van der Waals surface area contributed by atoms with E-state index in [1.807, 2.05) is 0 Å². The number of fused-ring (bicyclic) bond motifs is 6. The van der Waals surface area contributed by atoms with Gasteiger partial charge in [-0.25, -0.2) is 0 Å². The highest BCUT2D eigenvalue weighted by Crippen LogP contribution is 2.42. The molecule has 0 aliphatic carbocycles.